The number of anilines is 1. The number of sulfonamides is 1. The van der Waals surface area contributed by atoms with Gasteiger partial charge in [0.2, 0.25) is 11.8 Å². The van der Waals surface area contributed by atoms with Crippen molar-refractivity contribution in [2.24, 2.45) is 0 Å². The molecule has 39 heavy (non-hydrogen) atoms. The first-order chi connectivity index (χ1) is 18.7. The minimum Gasteiger partial charge on any atom is -0.497 e. The number of hydrogen-bond acceptors (Lipinski definition) is 6. The maximum atomic E-state index is 13.9. The highest BCUT2D eigenvalue weighted by molar-refractivity contribution is 7.92. The Morgan fingerprint density at radius 1 is 0.897 bits per heavy atom. The lowest BCUT2D eigenvalue weighted by atomic mass is 10.1. The van der Waals surface area contributed by atoms with Crippen molar-refractivity contribution in [1.29, 1.82) is 0 Å². The lowest BCUT2D eigenvalue weighted by molar-refractivity contribution is -0.139. The van der Waals surface area contributed by atoms with Crippen molar-refractivity contribution in [3.63, 3.8) is 0 Å². The molecule has 2 amide bonds. The van der Waals surface area contributed by atoms with Crippen molar-refractivity contribution in [2.75, 3.05) is 31.6 Å². The first kappa shape index (κ1) is 29.5. The zero-order valence-electron chi connectivity index (χ0n) is 22.7. The first-order valence-corrected chi connectivity index (χ1v) is 14.1. The molecule has 0 saturated heterocycles. The Bertz CT molecular complexity index is 1350. The average molecular weight is 554 g/mol. The van der Waals surface area contributed by atoms with Crippen molar-refractivity contribution < 1.29 is 27.5 Å². The smallest absolute Gasteiger partial charge is 0.264 e. The van der Waals surface area contributed by atoms with Crippen LogP contribution in [-0.2, 0) is 26.2 Å². The highest BCUT2D eigenvalue weighted by Crippen LogP contribution is 2.32. The van der Waals surface area contributed by atoms with Gasteiger partial charge in [-0.1, -0.05) is 49.4 Å². The normalized spacial score (nSPS) is 11.8. The lowest BCUT2D eigenvalue weighted by Gasteiger charge is -2.32. The van der Waals surface area contributed by atoms with Crippen molar-refractivity contribution >= 4 is 27.5 Å². The second kappa shape index (κ2) is 13.7. The summed E-state index contributed by atoms with van der Waals surface area (Å²) in [7, 11) is -1.17. The van der Waals surface area contributed by atoms with Crippen LogP contribution in [0.1, 0.15) is 25.8 Å². The second-order valence-electron chi connectivity index (χ2n) is 8.83. The van der Waals surface area contributed by atoms with Gasteiger partial charge in [0, 0.05) is 13.1 Å². The van der Waals surface area contributed by atoms with Gasteiger partial charge in [0.05, 0.1) is 24.8 Å². The van der Waals surface area contributed by atoms with Crippen LogP contribution in [0, 0.1) is 0 Å². The summed E-state index contributed by atoms with van der Waals surface area (Å²) in [5.74, 6) is 0.0748. The summed E-state index contributed by atoms with van der Waals surface area (Å²) in [5.41, 5.74) is 0.971. The third kappa shape index (κ3) is 7.29. The van der Waals surface area contributed by atoms with Gasteiger partial charge in [0.15, 0.2) is 0 Å². The number of nitrogens with one attached hydrogen (secondary N) is 1. The number of hydrogen-bond donors (Lipinski definition) is 1. The minimum atomic E-state index is -4.17. The van der Waals surface area contributed by atoms with E-state index in [2.05, 4.69) is 5.32 Å². The van der Waals surface area contributed by atoms with Crippen LogP contribution in [-0.4, -0.2) is 58.5 Å². The summed E-state index contributed by atoms with van der Waals surface area (Å²) in [5, 5.41) is 2.83. The molecule has 0 aliphatic heterocycles. The molecule has 10 heteroatoms. The highest BCUT2D eigenvalue weighted by Gasteiger charge is 2.33. The van der Waals surface area contributed by atoms with Gasteiger partial charge in [-0.05, 0) is 55.3 Å². The maximum Gasteiger partial charge on any atom is 0.264 e. The Morgan fingerprint density at radius 3 is 2.15 bits per heavy atom. The highest BCUT2D eigenvalue weighted by atomic mass is 32.2. The Kier molecular flexibility index (Phi) is 10.3. The molecule has 208 valence electrons. The van der Waals surface area contributed by atoms with Gasteiger partial charge >= 0.3 is 0 Å². The number of methoxy groups -OCH3 is 2. The van der Waals surface area contributed by atoms with Crippen molar-refractivity contribution in [3.8, 4) is 11.5 Å². The van der Waals surface area contributed by atoms with Crippen LogP contribution in [0.3, 0.4) is 0 Å². The van der Waals surface area contributed by atoms with Crippen LogP contribution in [0.15, 0.2) is 83.8 Å². The molecule has 3 rings (SSSR count). The first-order valence-electron chi connectivity index (χ1n) is 12.6. The number of rotatable bonds is 13. The zero-order valence-corrected chi connectivity index (χ0v) is 23.5. The number of nitrogens with zero attached hydrogens (tertiary/aromatic N) is 2. The van der Waals surface area contributed by atoms with Crippen molar-refractivity contribution in [3.05, 3.63) is 84.4 Å². The number of ether oxygens (including phenoxy) is 2. The number of carbonyl (C=O) groups excluding carboxylic acids is 2. The van der Waals surface area contributed by atoms with Crippen LogP contribution in [0.25, 0.3) is 0 Å². The molecule has 0 saturated carbocycles. The quantitative estimate of drug-likeness (QED) is 0.345. The predicted molar refractivity (Wildman–Crippen MR) is 150 cm³/mol. The van der Waals surface area contributed by atoms with Crippen LogP contribution < -0.4 is 19.1 Å². The Morgan fingerprint density at radius 2 is 1.54 bits per heavy atom. The lowest BCUT2D eigenvalue weighted by Crippen LogP contribution is -2.51. The molecular formula is C29H35N3O6S. The van der Waals surface area contributed by atoms with Gasteiger partial charge in [0.1, 0.15) is 24.1 Å². The molecule has 0 fully saturated rings. The van der Waals surface area contributed by atoms with E-state index < -0.39 is 28.5 Å². The van der Waals surface area contributed by atoms with E-state index in [1.807, 2.05) is 6.92 Å². The molecule has 0 bridgehead atoms. The SMILES string of the molecule is CCCNC(=O)[C@@H](C)N(Cc1ccc(OC)cc1)C(=O)CN(c1ccccc1OC)S(=O)(=O)c1ccccc1. The van der Waals surface area contributed by atoms with E-state index in [0.29, 0.717) is 18.0 Å². The Balaban J connectivity index is 2.03. The van der Waals surface area contributed by atoms with E-state index in [0.717, 1.165) is 16.3 Å². The summed E-state index contributed by atoms with van der Waals surface area (Å²) in [6.07, 6.45) is 0.738. The topological polar surface area (TPSA) is 105 Å². The molecule has 1 N–H and O–H groups in total. The van der Waals surface area contributed by atoms with E-state index in [4.69, 9.17) is 9.47 Å². The molecule has 0 radical (unpaired) electrons. The zero-order chi connectivity index (χ0) is 28.4. The van der Waals surface area contributed by atoms with Crippen LogP contribution >= 0.6 is 0 Å². The molecule has 0 aliphatic rings. The third-order valence-electron chi connectivity index (χ3n) is 6.19. The fourth-order valence-electron chi connectivity index (χ4n) is 3.98. The average Bonchev–Trinajstić information content (AvgIpc) is 2.97. The van der Waals surface area contributed by atoms with Gasteiger partial charge in [-0.2, -0.15) is 0 Å². The number of para-hydroxylation sites is 2. The summed E-state index contributed by atoms with van der Waals surface area (Å²) in [6, 6.07) is 20.8. The fraction of sp³-hybridized carbons (Fsp3) is 0.310. The minimum absolute atomic E-state index is 0.0270. The standard InChI is InChI=1S/C29H35N3O6S/c1-5-19-30-29(34)22(2)31(20-23-15-17-24(37-3)18-16-23)28(33)21-32(26-13-9-10-14-27(26)38-4)39(35,36)25-11-7-6-8-12-25/h6-18,22H,5,19-21H2,1-4H3,(H,30,34)/t22-/m1/s1. The van der Waals surface area contributed by atoms with Gasteiger partial charge < -0.3 is 19.7 Å². The van der Waals surface area contributed by atoms with Crippen LogP contribution in [0.4, 0.5) is 5.69 Å². The predicted octanol–water partition coefficient (Wildman–Crippen LogP) is 3.84. The molecule has 0 spiro atoms. The summed E-state index contributed by atoms with van der Waals surface area (Å²) in [6.45, 7) is 3.58. The molecule has 0 aliphatic carbocycles. The molecular weight excluding hydrogens is 518 g/mol. The number of benzene rings is 3. The second-order valence-corrected chi connectivity index (χ2v) is 10.7. The van der Waals surface area contributed by atoms with Gasteiger partial charge in [-0.15, -0.1) is 0 Å². The van der Waals surface area contributed by atoms with Crippen LogP contribution in [0.2, 0.25) is 0 Å². The summed E-state index contributed by atoms with van der Waals surface area (Å²) >= 11 is 0. The van der Waals surface area contributed by atoms with Crippen molar-refractivity contribution in [2.45, 2.75) is 37.8 Å². The molecule has 0 unspecified atom stereocenters. The Hall–Kier alpha value is -4.05. The molecule has 9 nitrogen and oxygen atoms in total. The molecule has 3 aromatic rings. The van der Waals surface area contributed by atoms with Gasteiger partial charge in [-0.25, -0.2) is 8.42 Å². The van der Waals surface area contributed by atoms with Crippen LogP contribution in [0.5, 0.6) is 11.5 Å². The number of carbonyl (C=O) groups is 2. The van der Waals surface area contributed by atoms with E-state index in [-0.39, 0.29) is 23.0 Å². The van der Waals surface area contributed by atoms with Gasteiger partial charge in [-0.3, -0.25) is 13.9 Å². The van der Waals surface area contributed by atoms with E-state index >= 15 is 0 Å². The summed E-state index contributed by atoms with van der Waals surface area (Å²) < 4.78 is 39.4. The van der Waals surface area contributed by atoms with Gasteiger partial charge in [0.25, 0.3) is 10.0 Å². The summed E-state index contributed by atoms with van der Waals surface area (Å²) in [4.78, 5) is 28.3. The monoisotopic (exact) mass is 553 g/mol. The molecule has 3 aromatic carbocycles. The van der Waals surface area contributed by atoms with E-state index in [1.165, 1.54) is 24.1 Å². The van der Waals surface area contributed by atoms with E-state index in [1.54, 1.807) is 80.8 Å². The fourth-order valence-corrected chi connectivity index (χ4v) is 5.42. The Labute approximate surface area is 230 Å². The number of amides is 2. The molecule has 1 atom stereocenters. The molecule has 0 aromatic heterocycles. The largest absolute Gasteiger partial charge is 0.497 e. The maximum absolute atomic E-state index is 13.9. The third-order valence-corrected chi connectivity index (χ3v) is 7.97. The van der Waals surface area contributed by atoms with Crippen molar-refractivity contribution in [1.82, 2.24) is 10.2 Å². The molecule has 0 heterocycles. The van der Waals surface area contributed by atoms with E-state index in [9.17, 15) is 18.0 Å².